The molecule has 0 saturated carbocycles. The van der Waals surface area contributed by atoms with E-state index < -0.39 is 6.10 Å². The van der Waals surface area contributed by atoms with Crippen LogP contribution in [0.5, 0.6) is 0 Å². The highest BCUT2D eigenvalue weighted by Gasteiger charge is 2.10. The summed E-state index contributed by atoms with van der Waals surface area (Å²) in [5, 5.41) is 19.0. The number of nitrogens with zero attached hydrogens (tertiary/aromatic N) is 1. The summed E-state index contributed by atoms with van der Waals surface area (Å²) < 4.78 is 6.02. The lowest BCUT2D eigenvalue weighted by Crippen LogP contribution is -2.39. The molecule has 0 saturated heterocycles. The monoisotopic (exact) mass is 423 g/mol. The molecule has 0 aliphatic rings. The molecule has 5 nitrogen and oxygen atoms in total. The first kappa shape index (κ1) is 19.9. The molecule has 3 N–H and O–H groups in total. The Labute approximate surface area is 171 Å². The second kappa shape index (κ2) is 10.5. The van der Waals surface area contributed by atoms with E-state index in [9.17, 15) is 5.11 Å². The van der Waals surface area contributed by atoms with Crippen LogP contribution in [0.2, 0.25) is 4.34 Å². The molecule has 0 fully saturated rings. The highest BCUT2D eigenvalue weighted by atomic mass is 35.5. The Morgan fingerprint density at radius 3 is 2.67 bits per heavy atom. The fourth-order valence-electron chi connectivity index (χ4n) is 2.47. The molecular formula is C19H22ClN3O2S2. The van der Waals surface area contributed by atoms with Crippen LogP contribution < -0.4 is 10.6 Å². The van der Waals surface area contributed by atoms with Crippen molar-refractivity contribution in [3.63, 3.8) is 0 Å². The second-order valence-corrected chi connectivity index (χ2v) is 8.64. The maximum absolute atomic E-state index is 10.3. The molecule has 1 atom stereocenters. The Kier molecular flexibility index (Phi) is 7.77. The number of guanidine groups is 1. The number of aliphatic hydroxyl groups excluding tert-OH is 1. The Morgan fingerprint density at radius 2 is 2.00 bits per heavy atom. The fraction of sp³-hybridized carbons (Fsp3) is 0.316. The Hall–Kier alpha value is -1.80. The van der Waals surface area contributed by atoms with E-state index in [-0.39, 0.29) is 6.54 Å². The van der Waals surface area contributed by atoms with Crippen molar-refractivity contribution in [3.8, 4) is 0 Å². The summed E-state index contributed by atoms with van der Waals surface area (Å²) in [6.45, 7) is 1.74. The Balaban J connectivity index is 1.53. The topological polar surface area (TPSA) is 69.8 Å². The van der Waals surface area contributed by atoms with Gasteiger partial charge in [-0.15, -0.1) is 22.7 Å². The minimum Gasteiger partial charge on any atom is -0.469 e. The average molecular weight is 424 g/mol. The van der Waals surface area contributed by atoms with Crippen molar-refractivity contribution in [3.05, 3.63) is 67.9 Å². The first-order valence-electron chi connectivity index (χ1n) is 8.71. The first-order valence-corrected chi connectivity index (χ1v) is 10.8. The summed E-state index contributed by atoms with van der Waals surface area (Å²) in [6, 6.07) is 11.6. The third-order valence-electron chi connectivity index (χ3n) is 3.83. The maximum Gasteiger partial charge on any atom is 0.191 e. The van der Waals surface area contributed by atoms with Crippen LogP contribution in [-0.2, 0) is 12.8 Å². The van der Waals surface area contributed by atoms with E-state index in [4.69, 9.17) is 16.0 Å². The van der Waals surface area contributed by atoms with Crippen LogP contribution in [0.1, 0.15) is 21.6 Å². The summed E-state index contributed by atoms with van der Waals surface area (Å²) in [4.78, 5) is 6.67. The van der Waals surface area contributed by atoms with Crippen LogP contribution in [0.4, 0.5) is 0 Å². The van der Waals surface area contributed by atoms with Gasteiger partial charge in [0.25, 0.3) is 0 Å². The number of hydrogen-bond donors (Lipinski definition) is 3. The number of furan rings is 1. The minimum atomic E-state index is -0.663. The molecule has 3 aromatic heterocycles. The van der Waals surface area contributed by atoms with E-state index in [0.29, 0.717) is 16.8 Å². The molecule has 0 aromatic carbocycles. The van der Waals surface area contributed by atoms with Crippen LogP contribution in [-0.4, -0.2) is 30.7 Å². The van der Waals surface area contributed by atoms with E-state index in [0.717, 1.165) is 30.0 Å². The van der Waals surface area contributed by atoms with Gasteiger partial charge in [-0.25, -0.2) is 0 Å². The maximum atomic E-state index is 10.3. The van der Waals surface area contributed by atoms with Gasteiger partial charge in [-0.05, 0) is 42.1 Å². The zero-order valence-electron chi connectivity index (χ0n) is 14.7. The van der Waals surface area contributed by atoms with Crippen molar-refractivity contribution >= 4 is 40.2 Å². The number of hydrogen-bond acceptors (Lipinski definition) is 5. The largest absolute Gasteiger partial charge is 0.469 e. The van der Waals surface area contributed by atoms with Crippen LogP contribution >= 0.6 is 34.3 Å². The lowest BCUT2D eigenvalue weighted by molar-refractivity contribution is 0.191. The van der Waals surface area contributed by atoms with E-state index in [1.807, 2.05) is 18.2 Å². The molecule has 0 radical (unpaired) electrons. The van der Waals surface area contributed by atoms with Crippen LogP contribution in [0.3, 0.4) is 0 Å². The van der Waals surface area contributed by atoms with Gasteiger partial charge < -0.3 is 20.2 Å². The lowest BCUT2D eigenvalue weighted by Gasteiger charge is -2.13. The predicted octanol–water partition coefficient (Wildman–Crippen LogP) is 4.11. The summed E-state index contributed by atoms with van der Waals surface area (Å²) >= 11 is 9.06. The third-order valence-corrected chi connectivity index (χ3v) is 6.10. The van der Waals surface area contributed by atoms with Gasteiger partial charge in [0.2, 0.25) is 0 Å². The molecular weight excluding hydrogens is 402 g/mol. The molecule has 0 bridgehead atoms. The SMILES string of the molecule is OC(CN=C(NCCc1ccco1)NCCc1cccs1)c1ccc(Cl)s1. The van der Waals surface area contributed by atoms with Gasteiger partial charge in [0.1, 0.15) is 11.9 Å². The van der Waals surface area contributed by atoms with Gasteiger partial charge in [-0.1, -0.05) is 17.7 Å². The average Bonchev–Trinajstić information content (AvgIpc) is 3.42. The van der Waals surface area contributed by atoms with Gasteiger partial charge in [0, 0.05) is 29.3 Å². The molecule has 0 aliphatic heterocycles. The number of nitrogens with one attached hydrogen (secondary N) is 2. The highest BCUT2D eigenvalue weighted by Crippen LogP contribution is 2.26. The number of halogens is 1. The summed E-state index contributed by atoms with van der Waals surface area (Å²) in [6.07, 6.45) is 2.71. The van der Waals surface area contributed by atoms with Crippen molar-refractivity contribution in [2.24, 2.45) is 4.99 Å². The molecule has 3 heterocycles. The normalized spacial score (nSPS) is 12.9. The highest BCUT2D eigenvalue weighted by molar-refractivity contribution is 7.16. The van der Waals surface area contributed by atoms with E-state index in [1.165, 1.54) is 16.2 Å². The number of aliphatic imine (C=N–C) groups is 1. The van der Waals surface area contributed by atoms with Gasteiger partial charge in [0.15, 0.2) is 5.96 Å². The smallest absolute Gasteiger partial charge is 0.191 e. The van der Waals surface area contributed by atoms with Crippen molar-refractivity contribution in [1.82, 2.24) is 10.6 Å². The lowest BCUT2D eigenvalue weighted by atomic mass is 10.3. The first-order chi connectivity index (χ1) is 13.2. The van der Waals surface area contributed by atoms with Gasteiger partial charge in [-0.3, -0.25) is 4.99 Å². The molecule has 3 aromatic rings. The minimum absolute atomic E-state index is 0.270. The third kappa shape index (κ3) is 6.70. The molecule has 1 unspecified atom stereocenters. The molecule has 27 heavy (non-hydrogen) atoms. The van der Waals surface area contributed by atoms with Crippen LogP contribution in [0.15, 0.2) is 57.5 Å². The fourth-order valence-corrected chi connectivity index (χ4v) is 4.21. The van der Waals surface area contributed by atoms with Crippen LogP contribution in [0.25, 0.3) is 0 Å². The summed E-state index contributed by atoms with van der Waals surface area (Å²) in [5.74, 6) is 1.61. The predicted molar refractivity (Wildman–Crippen MR) is 113 cm³/mol. The zero-order chi connectivity index (χ0) is 18.9. The molecule has 8 heteroatoms. The van der Waals surface area contributed by atoms with Gasteiger partial charge in [-0.2, -0.15) is 0 Å². The molecule has 3 rings (SSSR count). The molecule has 0 spiro atoms. The van der Waals surface area contributed by atoms with Gasteiger partial charge >= 0.3 is 0 Å². The molecule has 0 aliphatic carbocycles. The van der Waals surface area contributed by atoms with E-state index in [1.54, 1.807) is 23.7 Å². The van der Waals surface area contributed by atoms with E-state index in [2.05, 4.69) is 33.1 Å². The number of aliphatic hydroxyl groups is 1. The Bertz CT molecular complexity index is 774. The van der Waals surface area contributed by atoms with Crippen molar-refractivity contribution < 1.29 is 9.52 Å². The van der Waals surface area contributed by atoms with Crippen molar-refractivity contribution in [2.75, 3.05) is 19.6 Å². The zero-order valence-corrected chi connectivity index (χ0v) is 17.1. The summed E-state index contributed by atoms with van der Waals surface area (Å²) in [7, 11) is 0. The standard InChI is InChI=1S/C19H22ClN3O2S2/c20-18-6-5-17(27-18)16(24)13-23-19(21-9-7-14-3-1-11-25-14)22-10-8-15-4-2-12-26-15/h1-6,11-12,16,24H,7-10,13H2,(H2,21,22,23). The molecule has 144 valence electrons. The number of rotatable bonds is 9. The van der Waals surface area contributed by atoms with Crippen LogP contribution in [0, 0.1) is 0 Å². The van der Waals surface area contributed by atoms with Crippen molar-refractivity contribution in [2.45, 2.75) is 18.9 Å². The van der Waals surface area contributed by atoms with Crippen molar-refractivity contribution in [1.29, 1.82) is 0 Å². The van der Waals surface area contributed by atoms with Gasteiger partial charge in [0.05, 0.1) is 17.1 Å². The quantitative estimate of drug-likeness (QED) is 0.358. The second-order valence-electron chi connectivity index (χ2n) is 5.86. The molecule has 0 amide bonds. The Morgan fingerprint density at radius 1 is 1.15 bits per heavy atom. The summed E-state index contributed by atoms with van der Waals surface area (Å²) in [5.41, 5.74) is 0. The van der Waals surface area contributed by atoms with E-state index >= 15 is 0 Å². The number of thiophene rings is 2.